The van der Waals surface area contributed by atoms with Crippen LogP contribution in [0.1, 0.15) is 57.8 Å². The van der Waals surface area contributed by atoms with E-state index < -0.39 is 18.3 Å². The van der Waals surface area contributed by atoms with Gasteiger partial charge in [-0.15, -0.1) is 0 Å². The highest BCUT2D eigenvalue weighted by atomic mass is 35.5. The maximum atomic E-state index is 12.8. The highest BCUT2D eigenvalue weighted by Gasteiger charge is 2.52. The molecule has 2 aliphatic rings. The van der Waals surface area contributed by atoms with Gasteiger partial charge in [-0.05, 0) is 64.7 Å². The minimum absolute atomic E-state index is 0.0568. The third-order valence-corrected chi connectivity index (χ3v) is 6.17. The van der Waals surface area contributed by atoms with Crippen molar-refractivity contribution in [1.29, 1.82) is 0 Å². The van der Waals surface area contributed by atoms with Crippen LogP contribution in [0.4, 0.5) is 0 Å². The lowest BCUT2D eigenvalue weighted by Gasteiger charge is -2.32. The third-order valence-electron chi connectivity index (χ3n) is 5.82. The first-order valence-corrected chi connectivity index (χ1v) is 9.43. The normalized spacial score (nSPS) is 23.1. The molecular weight excluding hydrogens is 336 g/mol. The van der Waals surface area contributed by atoms with Gasteiger partial charge in [0.25, 0.3) is 5.91 Å². The Balaban J connectivity index is 1.83. The molecule has 2 aliphatic heterocycles. The second-order valence-corrected chi connectivity index (χ2v) is 8.71. The molecule has 0 radical (unpaired) electrons. The van der Waals surface area contributed by atoms with Crippen LogP contribution in [0.3, 0.4) is 0 Å². The lowest BCUT2D eigenvalue weighted by molar-refractivity contribution is 0.00578. The number of halogens is 1. The molecule has 0 aromatic heterocycles. The van der Waals surface area contributed by atoms with E-state index >= 15 is 0 Å². The highest BCUT2D eigenvalue weighted by molar-refractivity contribution is 6.65. The summed E-state index contributed by atoms with van der Waals surface area (Å²) < 4.78 is 12.2. The van der Waals surface area contributed by atoms with Gasteiger partial charge in [0.15, 0.2) is 0 Å². The highest BCUT2D eigenvalue weighted by Crippen LogP contribution is 2.37. The molecule has 1 aromatic rings. The van der Waals surface area contributed by atoms with Crippen molar-refractivity contribution >= 4 is 30.1 Å². The smallest absolute Gasteiger partial charge is 0.399 e. The maximum Gasteiger partial charge on any atom is 0.496 e. The number of amides is 1. The zero-order valence-electron chi connectivity index (χ0n) is 15.8. The summed E-state index contributed by atoms with van der Waals surface area (Å²) >= 11 is 6.39. The number of hydrogen-bond donors (Lipinski definition) is 0. The van der Waals surface area contributed by atoms with Gasteiger partial charge in [-0.1, -0.05) is 18.5 Å². The number of likely N-dealkylation sites (tertiary alicyclic amines) is 1. The monoisotopic (exact) mass is 363 g/mol. The Morgan fingerprint density at radius 3 is 2.28 bits per heavy atom. The summed E-state index contributed by atoms with van der Waals surface area (Å²) in [5.41, 5.74) is 0.480. The van der Waals surface area contributed by atoms with Crippen LogP contribution >= 0.6 is 11.6 Å². The molecule has 4 nitrogen and oxygen atoms in total. The summed E-state index contributed by atoms with van der Waals surface area (Å²) in [5, 5.41) is 0.558. The molecule has 1 amide bonds. The molecule has 0 saturated carbocycles. The van der Waals surface area contributed by atoms with E-state index in [4.69, 9.17) is 20.9 Å². The summed E-state index contributed by atoms with van der Waals surface area (Å²) in [6.45, 7) is 11.9. The molecule has 3 rings (SSSR count). The fourth-order valence-electron chi connectivity index (χ4n) is 3.22. The van der Waals surface area contributed by atoms with Crippen molar-refractivity contribution < 1.29 is 14.1 Å². The van der Waals surface area contributed by atoms with E-state index in [0.717, 1.165) is 31.4 Å². The predicted octanol–water partition coefficient (Wildman–Crippen LogP) is 3.51. The molecule has 0 bridgehead atoms. The quantitative estimate of drug-likeness (QED) is 0.755. The Morgan fingerprint density at radius 2 is 1.72 bits per heavy atom. The molecule has 0 aliphatic carbocycles. The summed E-state index contributed by atoms with van der Waals surface area (Å²) in [7, 11) is -0.563. The Bertz CT molecular complexity index is 653. The largest absolute Gasteiger partial charge is 0.496 e. The summed E-state index contributed by atoms with van der Waals surface area (Å²) in [6.07, 6.45) is 2.12. The molecule has 25 heavy (non-hydrogen) atoms. The molecule has 0 atom stereocenters. The molecule has 2 fully saturated rings. The van der Waals surface area contributed by atoms with Gasteiger partial charge >= 0.3 is 7.12 Å². The van der Waals surface area contributed by atoms with Gasteiger partial charge < -0.3 is 14.2 Å². The molecular formula is C19H27BClNO3. The van der Waals surface area contributed by atoms with Gasteiger partial charge in [0.05, 0.1) is 11.2 Å². The van der Waals surface area contributed by atoms with Gasteiger partial charge in [0.2, 0.25) is 0 Å². The topological polar surface area (TPSA) is 38.8 Å². The fourth-order valence-corrected chi connectivity index (χ4v) is 3.43. The van der Waals surface area contributed by atoms with Crippen LogP contribution in [0.5, 0.6) is 0 Å². The molecule has 0 unspecified atom stereocenters. The van der Waals surface area contributed by atoms with E-state index in [1.54, 1.807) is 12.1 Å². The minimum atomic E-state index is -0.563. The van der Waals surface area contributed by atoms with Crippen LogP contribution in [-0.4, -0.2) is 42.2 Å². The fraction of sp³-hybridized carbons (Fsp3) is 0.632. The van der Waals surface area contributed by atoms with Crippen LogP contribution in [0.15, 0.2) is 18.2 Å². The Hall–Kier alpha value is -1.04. The maximum absolute atomic E-state index is 12.8. The number of benzene rings is 1. The first-order valence-electron chi connectivity index (χ1n) is 9.05. The molecule has 136 valence electrons. The number of piperidine rings is 1. The van der Waals surface area contributed by atoms with Crippen molar-refractivity contribution in [2.24, 2.45) is 5.92 Å². The average molecular weight is 364 g/mol. The first-order chi connectivity index (χ1) is 11.6. The van der Waals surface area contributed by atoms with Crippen molar-refractivity contribution in [2.45, 2.75) is 58.7 Å². The zero-order valence-corrected chi connectivity index (χ0v) is 16.5. The van der Waals surface area contributed by atoms with Crippen LogP contribution in [0, 0.1) is 5.92 Å². The number of carbonyl (C=O) groups is 1. The van der Waals surface area contributed by atoms with E-state index in [2.05, 4.69) is 6.92 Å². The van der Waals surface area contributed by atoms with E-state index in [-0.39, 0.29) is 5.91 Å². The van der Waals surface area contributed by atoms with Gasteiger partial charge in [0, 0.05) is 29.1 Å². The van der Waals surface area contributed by atoms with Crippen molar-refractivity contribution in [3.05, 3.63) is 28.8 Å². The van der Waals surface area contributed by atoms with E-state index in [1.165, 1.54) is 0 Å². The first kappa shape index (κ1) is 18.7. The van der Waals surface area contributed by atoms with Crippen LogP contribution in [-0.2, 0) is 9.31 Å². The Kier molecular flexibility index (Phi) is 4.95. The van der Waals surface area contributed by atoms with Crippen LogP contribution in [0.25, 0.3) is 0 Å². The second kappa shape index (κ2) is 6.60. The minimum Gasteiger partial charge on any atom is -0.399 e. The summed E-state index contributed by atoms with van der Waals surface area (Å²) in [6, 6.07) is 5.38. The lowest BCUT2D eigenvalue weighted by atomic mass is 9.78. The number of rotatable bonds is 2. The van der Waals surface area contributed by atoms with Gasteiger partial charge in [-0.3, -0.25) is 4.79 Å². The SMILES string of the molecule is CC1CCN(C(=O)c2ccc(Cl)c(B3OC(C)(C)C(C)(C)O3)c2)CC1. The second-order valence-electron chi connectivity index (χ2n) is 8.30. The molecule has 2 saturated heterocycles. The van der Waals surface area contributed by atoms with Crippen LogP contribution < -0.4 is 5.46 Å². The standard InChI is InChI=1S/C19H27BClNO3/c1-13-8-10-22(11-9-13)17(23)14-6-7-16(21)15(12-14)20-24-18(2,3)19(4,5)25-20/h6-7,12-13H,8-11H2,1-5H3. The third kappa shape index (κ3) is 3.60. The Morgan fingerprint density at radius 1 is 1.16 bits per heavy atom. The number of carbonyl (C=O) groups excluding carboxylic acids is 1. The summed E-state index contributed by atoms with van der Waals surface area (Å²) in [4.78, 5) is 14.8. The van der Waals surface area contributed by atoms with Crippen LogP contribution in [0.2, 0.25) is 5.02 Å². The van der Waals surface area contributed by atoms with Gasteiger partial charge in [-0.2, -0.15) is 0 Å². The van der Waals surface area contributed by atoms with E-state index in [0.29, 0.717) is 16.5 Å². The molecule has 0 spiro atoms. The summed E-state index contributed by atoms with van der Waals surface area (Å²) in [5.74, 6) is 0.746. The molecule has 0 N–H and O–H groups in total. The van der Waals surface area contributed by atoms with E-state index in [1.807, 2.05) is 38.7 Å². The molecule has 6 heteroatoms. The molecule has 1 aromatic carbocycles. The van der Waals surface area contributed by atoms with Gasteiger partial charge in [0.1, 0.15) is 0 Å². The van der Waals surface area contributed by atoms with Gasteiger partial charge in [-0.25, -0.2) is 0 Å². The zero-order chi connectivity index (χ0) is 18.4. The van der Waals surface area contributed by atoms with Crippen molar-refractivity contribution in [2.75, 3.05) is 13.1 Å². The molecule has 2 heterocycles. The van der Waals surface area contributed by atoms with Crippen molar-refractivity contribution in [1.82, 2.24) is 4.90 Å². The van der Waals surface area contributed by atoms with Crippen molar-refractivity contribution in [3.63, 3.8) is 0 Å². The van der Waals surface area contributed by atoms with E-state index in [9.17, 15) is 4.79 Å². The lowest BCUT2D eigenvalue weighted by Crippen LogP contribution is -2.41. The number of hydrogen-bond acceptors (Lipinski definition) is 3. The average Bonchev–Trinajstić information content (AvgIpc) is 2.76. The van der Waals surface area contributed by atoms with Crippen molar-refractivity contribution in [3.8, 4) is 0 Å². The predicted molar refractivity (Wildman–Crippen MR) is 101 cm³/mol. The number of nitrogens with zero attached hydrogens (tertiary/aromatic N) is 1. The Labute approximate surface area is 156 Å².